The van der Waals surface area contributed by atoms with Crippen LogP contribution in [0.15, 0.2) is 47.5 Å². The molecule has 0 N–H and O–H groups in total. The molecule has 0 bridgehead atoms. The van der Waals surface area contributed by atoms with E-state index in [1.807, 2.05) is 12.3 Å². The topological polar surface area (TPSA) is 30.8 Å². The van der Waals surface area contributed by atoms with Crippen LogP contribution >= 0.6 is 8.58 Å². The fraction of sp³-hybridized carbons (Fsp3) is 0.316. The SMILES string of the molecule is CN=Cc1ccccc1Pc1cc([Si](C)(C)C)ccc1OCOC. The molecule has 1 atom stereocenters. The Morgan fingerprint density at radius 3 is 2.50 bits per heavy atom. The van der Waals surface area contributed by atoms with Gasteiger partial charge in [0.05, 0.1) is 8.07 Å². The molecule has 0 aliphatic rings. The second-order valence-electron chi connectivity index (χ2n) is 6.61. The van der Waals surface area contributed by atoms with Crippen LogP contribution < -0.4 is 20.5 Å². The van der Waals surface area contributed by atoms with E-state index in [-0.39, 0.29) is 6.79 Å². The molecule has 0 aromatic heterocycles. The molecule has 2 aromatic rings. The smallest absolute Gasteiger partial charge is 0.188 e. The molecule has 2 aromatic carbocycles. The van der Waals surface area contributed by atoms with Crippen LogP contribution in [0.3, 0.4) is 0 Å². The molecule has 24 heavy (non-hydrogen) atoms. The predicted octanol–water partition coefficient (Wildman–Crippen LogP) is 2.89. The molecular weight excluding hydrogens is 333 g/mol. The van der Waals surface area contributed by atoms with Gasteiger partial charge in [-0.2, -0.15) is 0 Å². The maximum atomic E-state index is 5.79. The monoisotopic (exact) mass is 359 g/mol. The molecule has 128 valence electrons. The number of aliphatic imine (C=N–C) groups is 1. The molecule has 0 heterocycles. The highest BCUT2D eigenvalue weighted by Gasteiger charge is 2.18. The number of hydrogen-bond acceptors (Lipinski definition) is 3. The number of hydrogen-bond donors (Lipinski definition) is 0. The quantitative estimate of drug-likeness (QED) is 0.329. The highest BCUT2D eigenvalue weighted by Crippen LogP contribution is 2.21. The van der Waals surface area contributed by atoms with Gasteiger partial charge in [0.1, 0.15) is 5.75 Å². The lowest BCUT2D eigenvalue weighted by Gasteiger charge is -2.20. The molecule has 1 unspecified atom stereocenters. The van der Waals surface area contributed by atoms with Crippen molar-refractivity contribution in [3.63, 3.8) is 0 Å². The van der Waals surface area contributed by atoms with Gasteiger partial charge in [-0.25, -0.2) is 0 Å². The zero-order chi connectivity index (χ0) is 17.6. The lowest BCUT2D eigenvalue weighted by molar-refractivity contribution is 0.0519. The highest BCUT2D eigenvalue weighted by molar-refractivity contribution is 7.56. The maximum absolute atomic E-state index is 5.79. The third kappa shape index (κ3) is 5.00. The minimum atomic E-state index is -1.37. The Labute approximate surface area is 147 Å². The van der Waals surface area contributed by atoms with E-state index in [1.54, 1.807) is 14.2 Å². The van der Waals surface area contributed by atoms with E-state index >= 15 is 0 Å². The van der Waals surface area contributed by atoms with Crippen LogP contribution in [0.25, 0.3) is 0 Å². The van der Waals surface area contributed by atoms with Crippen molar-refractivity contribution in [2.24, 2.45) is 4.99 Å². The van der Waals surface area contributed by atoms with Gasteiger partial charge in [-0.3, -0.25) is 4.99 Å². The summed E-state index contributed by atoms with van der Waals surface area (Å²) in [6.07, 6.45) is 1.92. The van der Waals surface area contributed by atoms with Crippen molar-refractivity contribution >= 4 is 38.7 Å². The van der Waals surface area contributed by atoms with Crippen LogP contribution in [0, 0.1) is 0 Å². The van der Waals surface area contributed by atoms with Gasteiger partial charge < -0.3 is 9.47 Å². The first kappa shape index (κ1) is 18.8. The molecule has 3 nitrogen and oxygen atoms in total. The summed E-state index contributed by atoms with van der Waals surface area (Å²) in [5.41, 5.74) is 1.16. The molecule has 0 saturated carbocycles. The standard InChI is InChI=1S/C19H26NO2PSi/c1-20-13-15-8-6-7-9-18(15)23-19-12-16(24(3,4)5)10-11-17(19)22-14-21-2/h6-13,23H,14H2,1-5H3. The third-order valence-corrected chi connectivity index (χ3v) is 7.10. The van der Waals surface area contributed by atoms with Crippen molar-refractivity contribution in [2.75, 3.05) is 21.0 Å². The number of nitrogens with zero attached hydrogens (tertiary/aromatic N) is 1. The van der Waals surface area contributed by atoms with E-state index in [2.05, 4.69) is 61.0 Å². The van der Waals surface area contributed by atoms with Gasteiger partial charge in [0.2, 0.25) is 0 Å². The maximum Gasteiger partial charge on any atom is 0.188 e. The number of methoxy groups -OCH3 is 1. The largest absolute Gasteiger partial charge is 0.467 e. The minimum Gasteiger partial charge on any atom is -0.467 e. The van der Waals surface area contributed by atoms with Crippen molar-refractivity contribution in [1.82, 2.24) is 0 Å². The summed E-state index contributed by atoms with van der Waals surface area (Å²) < 4.78 is 10.9. The summed E-state index contributed by atoms with van der Waals surface area (Å²) in [5, 5.41) is 3.94. The second-order valence-corrected chi connectivity index (χ2v) is 13.0. The van der Waals surface area contributed by atoms with Crippen LogP contribution in [0.5, 0.6) is 5.75 Å². The molecule has 0 spiro atoms. The van der Waals surface area contributed by atoms with Crippen molar-refractivity contribution in [3.8, 4) is 5.75 Å². The summed E-state index contributed by atoms with van der Waals surface area (Å²) in [7, 11) is 2.60. The highest BCUT2D eigenvalue weighted by atomic mass is 31.1. The van der Waals surface area contributed by atoms with E-state index < -0.39 is 8.07 Å². The normalized spacial score (nSPS) is 12.4. The lowest BCUT2D eigenvalue weighted by Crippen LogP contribution is -2.39. The molecule has 0 radical (unpaired) electrons. The van der Waals surface area contributed by atoms with Crippen molar-refractivity contribution in [1.29, 1.82) is 0 Å². The average Bonchev–Trinajstić information content (AvgIpc) is 2.55. The number of ether oxygens (including phenoxy) is 2. The van der Waals surface area contributed by atoms with Crippen molar-refractivity contribution in [2.45, 2.75) is 19.6 Å². The fourth-order valence-electron chi connectivity index (χ4n) is 2.35. The molecule has 0 saturated heterocycles. The van der Waals surface area contributed by atoms with Gasteiger partial charge in [-0.05, 0) is 16.9 Å². The first-order valence-electron chi connectivity index (χ1n) is 8.00. The Bertz CT molecular complexity index is 711. The van der Waals surface area contributed by atoms with E-state index in [0.29, 0.717) is 8.58 Å². The molecule has 0 aliphatic carbocycles. The van der Waals surface area contributed by atoms with Crippen LogP contribution in [0.1, 0.15) is 5.56 Å². The van der Waals surface area contributed by atoms with Gasteiger partial charge in [-0.1, -0.05) is 69.8 Å². The molecule has 0 amide bonds. The Balaban J connectivity index is 2.42. The zero-order valence-electron chi connectivity index (χ0n) is 15.1. The van der Waals surface area contributed by atoms with E-state index in [9.17, 15) is 0 Å². The lowest BCUT2D eigenvalue weighted by atomic mass is 10.2. The van der Waals surface area contributed by atoms with Gasteiger partial charge in [0.25, 0.3) is 0 Å². The van der Waals surface area contributed by atoms with Crippen LogP contribution in [0.4, 0.5) is 0 Å². The van der Waals surface area contributed by atoms with Crippen molar-refractivity contribution < 1.29 is 9.47 Å². The molecule has 2 rings (SSSR count). The molecule has 5 heteroatoms. The summed E-state index contributed by atoms with van der Waals surface area (Å²) in [5.74, 6) is 0.903. The molecular formula is C19H26NO2PSi. The fourth-order valence-corrected chi connectivity index (χ4v) is 4.92. The Kier molecular flexibility index (Phi) is 6.73. The van der Waals surface area contributed by atoms with Crippen LogP contribution in [0.2, 0.25) is 19.6 Å². The van der Waals surface area contributed by atoms with E-state index in [1.165, 1.54) is 15.8 Å². The first-order valence-corrected chi connectivity index (χ1v) is 12.5. The summed E-state index contributed by atoms with van der Waals surface area (Å²) in [4.78, 5) is 4.17. The Morgan fingerprint density at radius 2 is 1.83 bits per heavy atom. The summed E-state index contributed by atoms with van der Waals surface area (Å²) in [6.45, 7) is 7.36. The first-order chi connectivity index (χ1) is 11.5. The zero-order valence-corrected chi connectivity index (χ0v) is 17.1. The van der Waals surface area contributed by atoms with E-state index in [0.717, 1.165) is 11.3 Å². The predicted molar refractivity (Wildman–Crippen MR) is 109 cm³/mol. The molecule has 0 fully saturated rings. The van der Waals surface area contributed by atoms with Crippen molar-refractivity contribution in [3.05, 3.63) is 48.0 Å². The van der Waals surface area contributed by atoms with Gasteiger partial charge >= 0.3 is 0 Å². The minimum absolute atomic E-state index is 0.266. The Morgan fingerprint density at radius 1 is 1.08 bits per heavy atom. The third-order valence-electron chi connectivity index (χ3n) is 3.68. The number of benzene rings is 2. The van der Waals surface area contributed by atoms with E-state index in [4.69, 9.17) is 9.47 Å². The average molecular weight is 359 g/mol. The summed E-state index contributed by atoms with van der Waals surface area (Å²) >= 11 is 0. The van der Waals surface area contributed by atoms with Gasteiger partial charge in [0, 0.05) is 25.7 Å². The van der Waals surface area contributed by atoms with Gasteiger partial charge in [0.15, 0.2) is 6.79 Å². The summed E-state index contributed by atoms with van der Waals surface area (Å²) in [6, 6.07) is 15.0. The van der Waals surface area contributed by atoms with Crippen LogP contribution in [-0.2, 0) is 4.74 Å². The molecule has 0 aliphatic heterocycles. The van der Waals surface area contributed by atoms with Crippen LogP contribution in [-0.4, -0.2) is 35.2 Å². The van der Waals surface area contributed by atoms with Gasteiger partial charge in [-0.15, -0.1) is 0 Å². The second kappa shape index (κ2) is 8.57. The number of rotatable bonds is 7. The Hall–Kier alpha value is -1.48.